The number of fused-ring (bicyclic) bond motifs is 3. The van der Waals surface area contributed by atoms with Gasteiger partial charge in [-0.25, -0.2) is 9.78 Å². The van der Waals surface area contributed by atoms with Gasteiger partial charge < -0.3 is 25.4 Å². The Kier molecular flexibility index (Phi) is 8.22. The predicted molar refractivity (Wildman–Crippen MR) is 165 cm³/mol. The minimum atomic E-state index is -1.34. The summed E-state index contributed by atoms with van der Waals surface area (Å²) < 4.78 is 8.18. The molecule has 42 heavy (non-hydrogen) atoms. The maximum atomic E-state index is 14.2. The summed E-state index contributed by atoms with van der Waals surface area (Å²) in [5, 5.41) is 16.8. The first-order valence-electron chi connectivity index (χ1n) is 14.4. The molecule has 2 amide bonds. The monoisotopic (exact) mass is 652 g/mol. The van der Waals surface area contributed by atoms with Crippen LogP contribution >= 0.6 is 27.3 Å². The van der Waals surface area contributed by atoms with Gasteiger partial charge in [0.2, 0.25) is 11.8 Å². The van der Waals surface area contributed by atoms with Crippen molar-refractivity contribution in [3.63, 3.8) is 0 Å². The molecular formula is C31H33BrN4O5S. The fraction of sp³-hybridized carbons (Fsp3) is 0.419. The van der Waals surface area contributed by atoms with Gasteiger partial charge in [-0.15, -0.1) is 0 Å². The normalized spacial score (nSPS) is 29.0. The van der Waals surface area contributed by atoms with Gasteiger partial charge in [0.05, 0.1) is 16.8 Å². The lowest BCUT2D eigenvalue weighted by atomic mass is 10.0. The molecule has 6 rings (SSSR count). The molecule has 1 aromatic heterocycles. The third-order valence-corrected chi connectivity index (χ3v) is 9.74. The van der Waals surface area contributed by atoms with Crippen LogP contribution in [0.5, 0.6) is 5.19 Å². The van der Waals surface area contributed by atoms with Gasteiger partial charge in [-0.2, -0.15) is 0 Å². The largest absolute Gasteiger partial charge is 0.479 e. The number of ether oxygens (including phenoxy) is 1. The van der Waals surface area contributed by atoms with Crippen molar-refractivity contribution in [2.75, 3.05) is 11.9 Å². The number of anilines is 1. The highest BCUT2D eigenvalue weighted by molar-refractivity contribution is 9.10. The summed E-state index contributed by atoms with van der Waals surface area (Å²) in [4.78, 5) is 46.4. The summed E-state index contributed by atoms with van der Waals surface area (Å²) in [6.45, 7) is 0.201. The van der Waals surface area contributed by atoms with Crippen LogP contribution in [-0.2, 0) is 14.4 Å². The third kappa shape index (κ3) is 6.03. The van der Waals surface area contributed by atoms with Crippen LogP contribution in [0.2, 0.25) is 0 Å². The van der Waals surface area contributed by atoms with Crippen molar-refractivity contribution in [1.82, 2.24) is 15.2 Å². The zero-order valence-corrected chi connectivity index (χ0v) is 25.4. The van der Waals surface area contributed by atoms with Crippen LogP contribution in [0, 0.1) is 5.92 Å². The van der Waals surface area contributed by atoms with E-state index in [0.29, 0.717) is 18.0 Å². The quantitative estimate of drug-likeness (QED) is 0.317. The van der Waals surface area contributed by atoms with Gasteiger partial charge in [0, 0.05) is 22.5 Å². The molecule has 3 aliphatic rings. The number of nitrogens with one attached hydrogen (secondary N) is 2. The summed E-state index contributed by atoms with van der Waals surface area (Å²) in [6, 6.07) is 14.0. The van der Waals surface area contributed by atoms with Crippen LogP contribution in [0.4, 0.5) is 5.69 Å². The maximum absolute atomic E-state index is 14.2. The SMILES string of the molecule is O=C1N[C@]2(C(=O)O)C[C@H]2/C=C\CCCCC[C@H](Nc2ccccc2)C(=O)N2C[C@H](Oc3nc4ccc(Br)cc4s3)C[C@@H]12. The second-order valence-electron chi connectivity index (χ2n) is 11.3. The second-order valence-corrected chi connectivity index (χ2v) is 13.2. The predicted octanol–water partition coefficient (Wildman–Crippen LogP) is 5.37. The molecule has 0 spiro atoms. The van der Waals surface area contributed by atoms with Gasteiger partial charge in [-0.1, -0.05) is 70.5 Å². The number of carboxylic acid groups (broad SMARTS) is 1. The van der Waals surface area contributed by atoms with Crippen LogP contribution < -0.4 is 15.4 Å². The van der Waals surface area contributed by atoms with Gasteiger partial charge in [0.25, 0.3) is 5.19 Å². The minimum Gasteiger partial charge on any atom is -0.479 e. The molecule has 220 valence electrons. The molecule has 2 fully saturated rings. The number of allylic oxidation sites excluding steroid dienone is 1. The van der Waals surface area contributed by atoms with E-state index in [2.05, 4.69) is 31.5 Å². The molecule has 0 bridgehead atoms. The lowest BCUT2D eigenvalue weighted by Crippen LogP contribution is -2.55. The van der Waals surface area contributed by atoms with Crippen LogP contribution in [0.25, 0.3) is 10.2 Å². The van der Waals surface area contributed by atoms with Gasteiger partial charge in [0.15, 0.2) is 0 Å². The van der Waals surface area contributed by atoms with Crippen LogP contribution in [0.15, 0.2) is 65.2 Å². The number of halogens is 1. The molecule has 11 heteroatoms. The van der Waals surface area contributed by atoms with Crippen LogP contribution in [0.3, 0.4) is 0 Å². The molecule has 3 aromatic rings. The minimum absolute atomic E-state index is 0.192. The molecule has 0 unspecified atom stereocenters. The number of aromatic nitrogens is 1. The van der Waals surface area contributed by atoms with E-state index in [1.807, 2.05) is 60.7 Å². The van der Waals surface area contributed by atoms with Crippen molar-refractivity contribution in [3.05, 3.63) is 65.2 Å². The van der Waals surface area contributed by atoms with Crippen LogP contribution in [-0.4, -0.2) is 63.0 Å². The van der Waals surface area contributed by atoms with Crippen LogP contribution in [0.1, 0.15) is 44.9 Å². The summed E-state index contributed by atoms with van der Waals surface area (Å²) in [6.07, 6.45) is 8.23. The van der Waals surface area contributed by atoms with Gasteiger partial charge in [-0.3, -0.25) is 9.59 Å². The van der Waals surface area contributed by atoms with Gasteiger partial charge >= 0.3 is 5.97 Å². The summed E-state index contributed by atoms with van der Waals surface area (Å²) >= 11 is 4.89. The summed E-state index contributed by atoms with van der Waals surface area (Å²) in [7, 11) is 0. The Morgan fingerprint density at radius 2 is 2.00 bits per heavy atom. The highest BCUT2D eigenvalue weighted by atomic mass is 79.9. The lowest BCUT2D eigenvalue weighted by molar-refractivity contribution is -0.145. The van der Waals surface area contributed by atoms with E-state index in [1.54, 1.807) is 4.90 Å². The number of nitrogens with zero attached hydrogens (tertiary/aromatic N) is 2. The van der Waals surface area contributed by atoms with E-state index in [9.17, 15) is 19.5 Å². The number of benzene rings is 2. The third-order valence-electron chi connectivity index (χ3n) is 8.33. The topological polar surface area (TPSA) is 121 Å². The van der Waals surface area contributed by atoms with Gasteiger partial charge in [-0.05, 0) is 56.0 Å². The average Bonchev–Trinajstić information content (AvgIpc) is 3.29. The standard InChI is InChI=1S/C31H33BrN4O5S/c32-20-13-14-23-26(15-20)42-30(34-23)41-22-16-25-27(37)35-31(29(39)40)17-19(31)9-5-2-1-3-8-12-24(28(38)36(25)18-22)33-21-10-6-4-7-11-21/h4-7,9-11,13-15,19,22,24-25,33H,1-3,8,12,16-18H2,(H,35,37)(H,39,40)/b9-5-/t19-,22-,24+,25+,31-/m1/s1. The number of rotatable bonds is 5. The molecule has 0 radical (unpaired) electrons. The number of carboxylic acids is 1. The number of hydrogen-bond donors (Lipinski definition) is 3. The highest BCUT2D eigenvalue weighted by Gasteiger charge is 2.61. The second kappa shape index (κ2) is 12.0. The van der Waals surface area contributed by atoms with E-state index in [-0.39, 0.29) is 24.8 Å². The number of para-hydroxylation sites is 1. The molecule has 3 heterocycles. The molecular weight excluding hydrogens is 620 g/mol. The molecule has 1 saturated carbocycles. The Bertz CT molecular complexity index is 1510. The van der Waals surface area contributed by atoms with Crippen molar-refractivity contribution in [2.24, 2.45) is 5.92 Å². The molecule has 1 saturated heterocycles. The van der Waals surface area contributed by atoms with E-state index >= 15 is 0 Å². The fourth-order valence-corrected chi connectivity index (χ4v) is 7.39. The molecule has 2 aromatic carbocycles. The number of thiazole rings is 1. The first-order valence-corrected chi connectivity index (χ1v) is 16.0. The smallest absolute Gasteiger partial charge is 0.330 e. The Balaban J connectivity index is 1.28. The van der Waals surface area contributed by atoms with E-state index in [1.165, 1.54) is 11.3 Å². The Labute approximate surface area is 256 Å². The molecule has 1 aliphatic carbocycles. The summed E-state index contributed by atoms with van der Waals surface area (Å²) in [5.74, 6) is -1.98. The summed E-state index contributed by atoms with van der Waals surface area (Å²) in [5.41, 5.74) is 0.294. The van der Waals surface area contributed by atoms with Crippen molar-refractivity contribution in [2.45, 2.75) is 68.7 Å². The van der Waals surface area contributed by atoms with E-state index in [0.717, 1.165) is 46.1 Å². The lowest BCUT2D eigenvalue weighted by Gasteiger charge is -2.30. The molecule has 5 atom stereocenters. The van der Waals surface area contributed by atoms with E-state index < -0.39 is 35.6 Å². The van der Waals surface area contributed by atoms with Crippen molar-refractivity contribution in [3.8, 4) is 5.19 Å². The number of amides is 2. The first-order chi connectivity index (χ1) is 20.3. The number of carbonyl (C=O) groups is 3. The Morgan fingerprint density at radius 1 is 1.17 bits per heavy atom. The molecule has 9 nitrogen and oxygen atoms in total. The maximum Gasteiger partial charge on any atom is 0.330 e. The number of carbonyl (C=O) groups excluding carboxylic acids is 2. The molecule has 2 aliphatic heterocycles. The van der Waals surface area contributed by atoms with Gasteiger partial charge in [0.1, 0.15) is 23.7 Å². The van der Waals surface area contributed by atoms with Crippen molar-refractivity contribution >= 4 is 61.0 Å². The number of hydrogen-bond acceptors (Lipinski definition) is 7. The number of aliphatic carboxylic acids is 1. The van der Waals surface area contributed by atoms with E-state index in [4.69, 9.17) is 4.74 Å². The average molecular weight is 654 g/mol. The Hall–Kier alpha value is -3.44. The fourth-order valence-electron chi connectivity index (χ4n) is 5.95. The molecule has 3 N–H and O–H groups in total. The Morgan fingerprint density at radius 3 is 2.81 bits per heavy atom. The van der Waals surface area contributed by atoms with Crippen molar-refractivity contribution < 1.29 is 24.2 Å². The highest BCUT2D eigenvalue weighted by Crippen LogP contribution is 2.45. The van der Waals surface area contributed by atoms with Crippen molar-refractivity contribution in [1.29, 1.82) is 0 Å². The zero-order chi connectivity index (χ0) is 29.3. The first kappa shape index (κ1) is 28.7. The zero-order valence-electron chi connectivity index (χ0n) is 23.0.